The van der Waals surface area contributed by atoms with E-state index in [0.717, 1.165) is 19.6 Å². The van der Waals surface area contributed by atoms with E-state index in [2.05, 4.69) is 25.8 Å². The summed E-state index contributed by atoms with van der Waals surface area (Å²) in [5.41, 5.74) is 1.60. The molecule has 0 spiro atoms. The molecule has 1 aromatic heterocycles. The molecule has 0 N–H and O–H groups in total. The number of carbonyl (C=O) groups excluding carboxylic acids is 1. The highest BCUT2D eigenvalue weighted by Gasteiger charge is 2.23. The summed E-state index contributed by atoms with van der Waals surface area (Å²) in [7, 11) is 0. The van der Waals surface area contributed by atoms with E-state index >= 15 is 0 Å². The van der Waals surface area contributed by atoms with E-state index < -0.39 is 5.82 Å². The Labute approximate surface area is 143 Å². The molecular weight excluding hydrogens is 361 g/mol. The summed E-state index contributed by atoms with van der Waals surface area (Å²) in [4.78, 5) is 20.6. The van der Waals surface area contributed by atoms with Crippen molar-refractivity contribution in [1.82, 2.24) is 14.8 Å². The second kappa shape index (κ2) is 7.19. The number of halogens is 2. The summed E-state index contributed by atoms with van der Waals surface area (Å²) in [5.74, 6) is -0.521. The maximum absolute atomic E-state index is 13.4. The molecule has 3 rings (SSSR count). The number of hydrogen-bond donors (Lipinski definition) is 0. The first kappa shape index (κ1) is 16.1. The Hall–Kier alpha value is -1.79. The quantitative estimate of drug-likeness (QED) is 0.824. The lowest BCUT2D eigenvalue weighted by Gasteiger charge is -2.35. The minimum Gasteiger partial charge on any atom is -0.336 e. The third-order valence-electron chi connectivity index (χ3n) is 3.97. The molecule has 23 heavy (non-hydrogen) atoms. The molecule has 6 heteroatoms. The van der Waals surface area contributed by atoms with Gasteiger partial charge < -0.3 is 4.90 Å². The zero-order valence-electron chi connectivity index (χ0n) is 12.6. The number of nitrogens with zero attached hydrogens (tertiary/aromatic N) is 3. The van der Waals surface area contributed by atoms with Crippen molar-refractivity contribution in [3.05, 3.63) is 64.1 Å². The number of amides is 1. The van der Waals surface area contributed by atoms with Gasteiger partial charge in [-0.3, -0.25) is 14.7 Å². The van der Waals surface area contributed by atoms with Crippen molar-refractivity contribution in [1.29, 1.82) is 0 Å². The summed E-state index contributed by atoms with van der Waals surface area (Å²) in [5, 5.41) is 0. The maximum Gasteiger partial charge on any atom is 0.255 e. The van der Waals surface area contributed by atoms with Crippen LogP contribution in [-0.4, -0.2) is 46.9 Å². The first-order valence-electron chi connectivity index (χ1n) is 7.49. The van der Waals surface area contributed by atoms with Gasteiger partial charge in [0.1, 0.15) is 5.82 Å². The number of rotatable bonds is 3. The first-order valence-corrected chi connectivity index (χ1v) is 8.28. The summed E-state index contributed by atoms with van der Waals surface area (Å²) >= 11 is 3.32. The van der Waals surface area contributed by atoms with Crippen molar-refractivity contribution < 1.29 is 9.18 Å². The van der Waals surface area contributed by atoms with Crippen molar-refractivity contribution in [2.75, 3.05) is 26.2 Å². The van der Waals surface area contributed by atoms with Gasteiger partial charge in [-0.25, -0.2) is 4.39 Å². The minimum absolute atomic E-state index is 0.125. The van der Waals surface area contributed by atoms with Crippen LogP contribution in [0.3, 0.4) is 0 Å². The van der Waals surface area contributed by atoms with Gasteiger partial charge in [-0.05, 0) is 51.8 Å². The molecule has 1 amide bonds. The van der Waals surface area contributed by atoms with Gasteiger partial charge in [0.15, 0.2) is 0 Å². The average molecular weight is 378 g/mol. The van der Waals surface area contributed by atoms with Crippen LogP contribution in [0.1, 0.15) is 15.9 Å². The smallest absolute Gasteiger partial charge is 0.255 e. The summed E-state index contributed by atoms with van der Waals surface area (Å²) in [6, 6.07) is 8.20. The molecule has 0 atom stereocenters. The molecule has 0 bridgehead atoms. The molecule has 1 saturated heterocycles. The second-order valence-corrected chi connectivity index (χ2v) is 6.40. The average Bonchev–Trinajstić information content (AvgIpc) is 2.58. The van der Waals surface area contributed by atoms with Crippen LogP contribution < -0.4 is 0 Å². The van der Waals surface area contributed by atoms with Gasteiger partial charge in [0.25, 0.3) is 5.91 Å². The molecule has 1 aliphatic heterocycles. The topological polar surface area (TPSA) is 36.4 Å². The van der Waals surface area contributed by atoms with Crippen LogP contribution in [-0.2, 0) is 6.54 Å². The molecule has 4 nitrogen and oxygen atoms in total. The zero-order chi connectivity index (χ0) is 16.2. The third kappa shape index (κ3) is 3.95. The highest BCUT2D eigenvalue weighted by molar-refractivity contribution is 9.10. The summed E-state index contributed by atoms with van der Waals surface area (Å²) in [6.07, 6.45) is 3.58. The number of hydrogen-bond acceptors (Lipinski definition) is 3. The van der Waals surface area contributed by atoms with E-state index in [1.165, 1.54) is 17.7 Å². The molecule has 1 fully saturated rings. The van der Waals surface area contributed by atoms with Crippen LogP contribution in [0, 0.1) is 5.82 Å². The van der Waals surface area contributed by atoms with Gasteiger partial charge in [0.2, 0.25) is 0 Å². The molecular formula is C17H17BrFN3O. The molecule has 120 valence electrons. The van der Waals surface area contributed by atoms with Crippen molar-refractivity contribution in [3.8, 4) is 0 Å². The van der Waals surface area contributed by atoms with E-state index in [1.54, 1.807) is 23.4 Å². The molecule has 0 saturated carbocycles. The Morgan fingerprint density at radius 2 is 1.83 bits per heavy atom. The lowest BCUT2D eigenvalue weighted by molar-refractivity contribution is 0.0627. The lowest BCUT2D eigenvalue weighted by atomic mass is 10.1. The largest absolute Gasteiger partial charge is 0.336 e. The Morgan fingerprint density at radius 1 is 1.13 bits per heavy atom. The van der Waals surface area contributed by atoms with Gasteiger partial charge in [-0.15, -0.1) is 0 Å². The highest BCUT2D eigenvalue weighted by atomic mass is 79.9. The lowest BCUT2D eigenvalue weighted by Crippen LogP contribution is -2.48. The third-order valence-corrected chi connectivity index (χ3v) is 4.67. The monoisotopic (exact) mass is 377 g/mol. The molecule has 1 aliphatic rings. The van der Waals surface area contributed by atoms with Gasteiger partial charge in [-0.1, -0.05) is 0 Å². The van der Waals surface area contributed by atoms with Crippen LogP contribution in [0.25, 0.3) is 0 Å². The Morgan fingerprint density at radius 3 is 2.52 bits per heavy atom. The van der Waals surface area contributed by atoms with E-state index in [4.69, 9.17) is 0 Å². The molecule has 1 aromatic carbocycles. The fourth-order valence-electron chi connectivity index (χ4n) is 2.69. The van der Waals surface area contributed by atoms with Crippen molar-refractivity contribution >= 4 is 21.8 Å². The molecule has 0 radical (unpaired) electrons. The molecule has 2 heterocycles. The predicted octanol–water partition coefficient (Wildman–Crippen LogP) is 2.94. The van der Waals surface area contributed by atoms with E-state index in [9.17, 15) is 9.18 Å². The highest BCUT2D eigenvalue weighted by Crippen LogP contribution is 2.20. The number of benzene rings is 1. The van der Waals surface area contributed by atoms with E-state index in [-0.39, 0.29) is 5.91 Å². The number of pyridine rings is 1. The van der Waals surface area contributed by atoms with Gasteiger partial charge in [0.05, 0.1) is 5.56 Å². The van der Waals surface area contributed by atoms with E-state index in [0.29, 0.717) is 23.1 Å². The normalized spacial score (nSPS) is 15.7. The fourth-order valence-corrected chi connectivity index (χ4v) is 3.10. The van der Waals surface area contributed by atoms with Crippen LogP contribution in [0.15, 0.2) is 47.2 Å². The molecule has 0 aliphatic carbocycles. The predicted molar refractivity (Wildman–Crippen MR) is 89.5 cm³/mol. The van der Waals surface area contributed by atoms with E-state index in [1.807, 2.05) is 12.1 Å². The Kier molecular flexibility index (Phi) is 5.03. The Bertz CT molecular complexity index is 687. The standard InChI is InChI=1S/C17H17BrFN3O/c18-16-2-1-14(19)11-15(16)17(23)22-9-7-21(8-10-22)12-13-3-5-20-6-4-13/h1-6,11H,7-10,12H2. The minimum atomic E-state index is -0.395. The van der Waals surface area contributed by atoms with Gasteiger partial charge in [-0.2, -0.15) is 0 Å². The zero-order valence-corrected chi connectivity index (χ0v) is 14.2. The number of carbonyl (C=O) groups is 1. The SMILES string of the molecule is O=C(c1cc(F)ccc1Br)N1CCN(Cc2ccncc2)CC1. The van der Waals surface area contributed by atoms with Crippen LogP contribution in [0.5, 0.6) is 0 Å². The second-order valence-electron chi connectivity index (χ2n) is 5.55. The maximum atomic E-state index is 13.4. The van der Waals surface area contributed by atoms with Crippen LogP contribution >= 0.6 is 15.9 Å². The van der Waals surface area contributed by atoms with Crippen LogP contribution in [0.4, 0.5) is 4.39 Å². The van der Waals surface area contributed by atoms with Crippen molar-refractivity contribution in [2.45, 2.75) is 6.54 Å². The fraction of sp³-hybridized carbons (Fsp3) is 0.294. The molecule has 0 unspecified atom stereocenters. The van der Waals surface area contributed by atoms with Gasteiger partial charge >= 0.3 is 0 Å². The van der Waals surface area contributed by atoms with Crippen molar-refractivity contribution in [2.24, 2.45) is 0 Å². The summed E-state index contributed by atoms with van der Waals surface area (Å²) < 4.78 is 14.0. The number of aromatic nitrogens is 1. The summed E-state index contributed by atoms with van der Waals surface area (Å²) in [6.45, 7) is 3.76. The van der Waals surface area contributed by atoms with Crippen LogP contribution in [0.2, 0.25) is 0 Å². The van der Waals surface area contributed by atoms with Gasteiger partial charge in [0, 0.05) is 49.6 Å². The first-order chi connectivity index (χ1) is 11.1. The Balaban J connectivity index is 1.60. The van der Waals surface area contributed by atoms with Crippen molar-refractivity contribution in [3.63, 3.8) is 0 Å². The molecule has 2 aromatic rings. The number of piperazine rings is 1.